The highest BCUT2D eigenvalue weighted by atomic mass is 16.5. The van der Waals surface area contributed by atoms with Gasteiger partial charge in [0, 0.05) is 24.5 Å². The number of nitrogens with two attached hydrogens (primary N) is 1. The number of hydrazone groups is 1. The summed E-state index contributed by atoms with van der Waals surface area (Å²) in [5.74, 6) is -1.04. The zero-order valence-corrected chi connectivity index (χ0v) is 16.1. The van der Waals surface area contributed by atoms with Gasteiger partial charge in [0.2, 0.25) is 17.7 Å². The number of nitrogens with one attached hydrogen (secondary N) is 2. The molecule has 0 fully saturated rings. The zero-order chi connectivity index (χ0) is 20.8. The maximum absolute atomic E-state index is 11.6. The van der Waals surface area contributed by atoms with Gasteiger partial charge in [-0.2, -0.15) is 5.10 Å². The van der Waals surface area contributed by atoms with Crippen molar-refractivity contribution in [2.75, 3.05) is 13.2 Å². The number of rotatable bonds is 13. The molecule has 1 aromatic rings. The van der Waals surface area contributed by atoms with Crippen LogP contribution in [-0.2, 0) is 14.4 Å². The summed E-state index contributed by atoms with van der Waals surface area (Å²) in [5.41, 5.74) is 7.58. The number of amides is 3. The third-order valence-corrected chi connectivity index (χ3v) is 3.70. The van der Waals surface area contributed by atoms with E-state index in [2.05, 4.69) is 22.8 Å². The molecule has 0 aliphatic rings. The highest BCUT2D eigenvalue weighted by molar-refractivity contribution is 5.88. The maximum atomic E-state index is 11.6. The number of hydrogen-bond donors (Lipinski definition) is 4. The molecule has 1 aromatic carbocycles. The molecule has 5 N–H and O–H groups in total. The van der Waals surface area contributed by atoms with E-state index in [0.717, 1.165) is 19.3 Å². The molecule has 0 spiro atoms. The summed E-state index contributed by atoms with van der Waals surface area (Å²) in [6, 6.07) is 4.83. The molecule has 0 heterocycles. The molecule has 9 heteroatoms. The lowest BCUT2D eigenvalue weighted by Crippen LogP contribution is -2.33. The Morgan fingerprint density at radius 3 is 2.61 bits per heavy atom. The average molecular weight is 392 g/mol. The highest BCUT2D eigenvalue weighted by Crippen LogP contribution is 2.22. The van der Waals surface area contributed by atoms with Gasteiger partial charge < -0.3 is 20.9 Å². The van der Waals surface area contributed by atoms with Crippen molar-refractivity contribution < 1.29 is 24.2 Å². The molecule has 28 heavy (non-hydrogen) atoms. The number of carbonyl (C=O) groups excluding carboxylic acids is 3. The first-order valence-electron chi connectivity index (χ1n) is 9.25. The van der Waals surface area contributed by atoms with Gasteiger partial charge in [-0.3, -0.25) is 14.4 Å². The molecular formula is C19H28N4O5. The second-order valence-electron chi connectivity index (χ2n) is 6.17. The summed E-state index contributed by atoms with van der Waals surface area (Å²) in [6.07, 6.45) is 5.51. The molecule has 0 saturated carbocycles. The van der Waals surface area contributed by atoms with Crippen LogP contribution in [0.4, 0.5) is 0 Å². The van der Waals surface area contributed by atoms with Gasteiger partial charge in [-0.25, -0.2) is 5.43 Å². The quantitative estimate of drug-likeness (QED) is 0.226. The Morgan fingerprint density at radius 1 is 1.18 bits per heavy atom. The van der Waals surface area contributed by atoms with Crippen LogP contribution in [0, 0.1) is 0 Å². The van der Waals surface area contributed by atoms with E-state index in [0.29, 0.717) is 17.9 Å². The number of benzene rings is 1. The monoisotopic (exact) mass is 392 g/mol. The Hall–Kier alpha value is -3.10. The largest absolute Gasteiger partial charge is 0.507 e. The fraction of sp³-hybridized carbons (Fsp3) is 0.474. The highest BCUT2D eigenvalue weighted by Gasteiger charge is 2.07. The Bertz CT molecular complexity index is 691. The summed E-state index contributed by atoms with van der Waals surface area (Å²) in [4.78, 5) is 33.5. The molecular weight excluding hydrogens is 364 g/mol. The summed E-state index contributed by atoms with van der Waals surface area (Å²) in [5, 5.41) is 16.0. The molecule has 0 atom stereocenters. The van der Waals surface area contributed by atoms with Crippen molar-refractivity contribution in [3.8, 4) is 11.5 Å². The van der Waals surface area contributed by atoms with E-state index in [1.54, 1.807) is 12.1 Å². The van der Waals surface area contributed by atoms with Crippen LogP contribution in [0.25, 0.3) is 0 Å². The van der Waals surface area contributed by atoms with Crippen molar-refractivity contribution in [3.63, 3.8) is 0 Å². The van der Waals surface area contributed by atoms with Crippen molar-refractivity contribution in [2.45, 2.75) is 45.4 Å². The van der Waals surface area contributed by atoms with Gasteiger partial charge in [-0.1, -0.05) is 26.2 Å². The molecule has 0 aliphatic carbocycles. The fourth-order valence-electron chi connectivity index (χ4n) is 2.17. The van der Waals surface area contributed by atoms with Gasteiger partial charge in [0.15, 0.2) is 0 Å². The van der Waals surface area contributed by atoms with Crippen LogP contribution < -0.4 is 21.2 Å². The third-order valence-electron chi connectivity index (χ3n) is 3.70. The number of hydrogen-bond acceptors (Lipinski definition) is 6. The lowest BCUT2D eigenvalue weighted by molar-refractivity contribution is -0.127. The van der Waals surface area contributed by atoms with Gasteiger partial charge in [0.25, 0.3) is 0 Å². The lowest BCUT2D eigenvalue weighted by Gasteiger charge is -2.07. The van der Waals surface area contributed by atoms with Crippen LogP contribution in [0.3, 0.4) is 0 Å². The number of phenols is 1. The SMILES string of the molecule is CCCCCCOc1ccc(/C=N\NC(=O)CCC(=O)NCC(N)=O)c(O)c1. The lowest BCUT2D eigenvalue weighted by atomic mass is 10.2. The molecule has 0 radical (unpaired) electrons. The fourth-order valence-corrected chi connectivity index (χ4v) is 2.17. The zero-order valence-electron chi connectivity index (χ0n) is 16.1. The van der Waals surface area contributed by atoms with Crippen LogP contribution in [0.5, 0.6) is 11.5 Å². The standard InChI is InChI=1S/C19H28N4O5/c1-2-3-4-5-10-28-15-7-6-14(16(24)11-15)12-22-23-19(27)9-8-18(26)21-13-17(20)25/h6-7,11-12,24H,2-5,8-10,13H2,1H3,(H2,20,25)(H,21,26)(H,23,27)/b22-12-. The van der Waals surface area contributed by atoms with Crippen molar-refractivity contribution in [1.82, 2.24) is 10.7 Å². The van der Waals surface area contributed by atoms with E-state index in [-0.39, 0.29) is 25.1 Å². The second kappa shape index (κ2) is 13.1. The number of aromatic hydroxyl groups is 1. The number of phenolic OH excluding ortho intramolecular Hbond substituents is 1. The minimum atomic E-state index is -0.657. The van der Waals surface area contributed by atoms with E-state index in [1.807, 2.05) is 0 Å². The first-order valence-corrected chi connectivity index (χ1v) is 9.25. The van der Waals surface area contributed by atoms with Gasteiger partial charge >= 0.3 is 0 Å². The van der Waals surface area contributed by atoms with Crippen LogP contribution in [0.15, 0.2) is 23.3 Å². The minimum absolute atomic E-state index is 0.0186. The Morgan fingerprint density at radius 2 is 1.93 bits per heavy atom. The summed E-state index contributed by atoms with van der Waals surface area (Å²) in [7, 11) is 0. The van der Waals surface area contributed by atoms with Crippen molar-refractivity contribution in [2.24, 2.45) is 10.8 Å². The molecule has 3 amide bonds. The van der Waals surface area contributed by atoms with Gasteiger partial charge in [0.1, 0.15) is 11.5 Å². The topological polar surface area (TPSA) is 143 Å². The first-order chi connectivity index (χ1) is 13.4. The first kappa shape index (κ1) is 22.9. The van der Waals surface area contributed by atoms with Gasteiger partial charge in [-0.05, 0) is 18.6 Å². The van der Waals surface area contributed by atoms with E-state index < -0.39 is 17.7 Å². The van der Waals surface area contributed by atoms with E-state index in [1.165, 1.54) is 18.7 Å². The summed E-state index contributed by atoms with van der Waals surface area (Å²) < 4.78 is 5.58. The van der Waals surface area contributed by atoms with Gasteiger partial charge in [0.05, 0.1) is 19.4 Å². The molecule has 0 saturated heterocycles. The number of primary amides is 1. The van der Waals surface area contributed by atoms with E-state index >= 15 is 0 Å². The minimum Gasteiger partial charge on any atom is -0.507 e. The molecule has 0 aromatic heterocycles. The van der Waals surface area contributed by atoms with Crippen LogP contribution in [-0.4, -0.2) is 42.2 Å². The Kier molecular flexibility index (Phi) is 10.8. The smallest absolute Gasteiger partial charge is 0.240 e. The summed E-state index contributed by atoms with van der Waals surface area (Å²) >= 11 is 0. The van der Waals surface area contributed by atoms with Gasteiger partial charge in [-0.15, -0.1) is 0 Å². The number of ether oxygens (including phenoxy) is 1. The molecule has 0 unspecified atom stereocenters. The summed E-state index contributed by atoms with van der Waals surface area (Å²) in [6.45, 7) is 2.47. The third kappa shape index (κ3) is 10.1. The van der Waals surface area contributed by atoms with E-state index in [9.17, 15) is 19.5 Å². The Labute approximate surface area is 164 Å². The normalized spacial score (nSPS) is 10.6. The number of unbranched alkanes of at least 4 members (excludes halogenated alkanes) is 3. The number of carbonyl (C=O) groups is 3. The average Bonchev–Trinajstić information content (AvgIpc) is 2.66. The molecule has 9 nitrogen and oxygen atoms in total. The second-order valence-corrected chi connectivity index (χ2v) is 6.17. The van der Waals surface area contributed by atoms with Crippen LogP contribution >= 0.6 is 0 Å². The van der Waals surface area contributed by atoms with Crippen molar-refractivity contribution in [1.29, 1.82) is 0 Å². The molecule has 154 valence electrons. The molecule has 0 aliphatic heterocycles. The maximum Gasteiger partial charge on any atom is 0.240 e. The predicted octanol–water partition coefficient (Wildman–Crippen LogP) is 1.18. The molecule has 0 bridgehead atoms. The van der Waals surface area contributed by atoms with Crippen molar-refractivity contribution in [3.05, 3.63) is 23.8 Å². The van der Waals surface area contributed by atoms with Crippen LogP contribution in [0.1, 0.15) is 51.0 Å². The van der Waals surface area contributed by atoms with E-state index in [4.69, 9.17) is 10.5 Å². The molecule has 1 rings (SSSR count). The van der Waals surface area contributed by atoms with Crippen molar-refractivity contribution >= 4 is 23.9 Å². The Balaban J connectivity index is 2.36. The number of nitrogens with zero attached hydrogens (tertiary/aromatic N) is 1. The predicted molar refractivity (Wildman–Crippen MR) is 105 cm³/mol. The van der Waals surface area contributed by atoms with Crippen LogP contribution in [0.2, 0.25) is 0 Å².